The number of hydrogen-bond donors (Lipinski definition) is 2. The van der Waals surface area contributed by atoms with Crippen LogP contribution < -0.4 is 5.32 Å². The van der Waals surface area contributed by atoms with Crippen molar-refractivity contribution in [2.24, 2.45) is 5.92 Å². The number of nitrogens with one attached hydrogen (secondary N) is 1. The number of carbonyl (C=O) groups excluding carboxylic acids is 1. The van der Waals surface area contributed by atoms with Gasteiger partial charge in [0.15, 0.2) is 11.9 Å². The number of carbonyl (C=O) groups is 2. The Labute approximate surface area is 154 Å². The average molecular weight is 369 g/mol. The van der Waals surface area contributed by atoms with E-state index in [1.807, 2.05) is 44.2 Å². The molecular weight excluding hydrogens is 350 g/mol. The van der Waals surface area contributed by atoms with Crippen molar-refractivity contribution in [1.82, 2.24) is 30.0 Å². The number of hydrogen-bond acceptors (Lipinski definition) is 6. The molecule has 0 bridgehead atoms. The van der Waals surface area contributed by atoms with Crippen LogP contribution in [0, 0.1) is 5.92 Å². The van der Waals surface area contributed by atoms with Gasteiger partial charge in [-0.2, -0.15) is 9.90 Å². The zero-order valence-electron chi connectivity index (χ0n) is 14.9. The maximum atomic E-state index is 12.7. The SMILES string of the molecule is CC(C)C(C(=O)Nc1ccn(CC(=O)O)n1)n1nnc(-c2ccccc2)n1. The third kappa shape index (κ3) is 4.35. The van der Waals surface area contributed by atoms with Gasteiger partial charge in [-0.05, 0) is 11.1 Å². The van der Waals surface area contributed by atoms with Crippen LogP contribution in [0.15, 0.2) is 42.6 Å². The monoisotopic (exact) mass is 369 g/mol. The largest absolute Gasteiger partial charge is 0.480 e. The van der Waals surface area contributed by atoms with E-state index in [4.69, 9.17) is 5.11 Å². The highest BCUT2D eigenvalue weighted by Crippen LogP contribution is 2.20. The quantitative estimate of drug-likeness (QED) is 0.645. The normalized spacial score (nSPS) is 12.1. The van der Waals surface area contributed by atoms with Crippen LogP contribution >= 0.6 is 0 Å². The van der Waals surface area contributed by atoms with Gasteiger partial charge in [0.25, 0.3) is 5.91 Å². The molecular formula is C17H19N7O3. The molecule has 1 unspecified atom stereocenters. The molecule has 0 fully saturated rings. The second-order valence-corrected chi connectivity index (χ2v) is 6.27. The molecule has 0 spiro atoms. The van der Waals surface area contributed by atoms with Crippen LogP contribution in [-0.2, 0) is 16.1 Å². The fourth-order valence-corrected chi connectivity index (χ4v) is 2.58. The number of tetrazole rings is 1. The Morgan fingerprint density at radius 2 is 1.89 bits per heavy atom. The van der Waals surface area contributed by atoms with Crippen molar-refractivity contribution in [3.8, 4) is 11.4 Å². The number of aromatic nitrogens is 6. The average Bonchev–Trinajstić information content (AvgIpc) is 3.25. The molecule has 10 heteroatoms. The van der Waals surface area contributed by atoms with Crippen molar-refractivity contribution in [2.75, 3.05) is 5.32 Å². The molecule has 0 saturated heterocycles. The first-order valence-corrected chi connectivity index (χ1v) is 8.35. The van der Waals surface area contributed by atoms with E-state index in [1.54, 1.807) is 0 Å². The zero-order chi connectivity index (χ0) is 19.4. The highest BCUT2D eigenvalue weighted by molar-refractivity contribution is 5.92. The summed E-state index contributed by atoms with van der Waals surface area (Å²) < 4.78 is 1.23. The molecule has 0 aliphatic rings. The first kappa shape index (κ1) is 18.2. The molecule has 0 aliphatic carbocycles. The van der Waals surface area contributed by atoms with Gasteiger partial charge < -0.3 is 10.4 Å². The zero-order valence-corrected chi connectivity index (χ0v) is 14.9. The molecule has 3 aromatic rings. The smallest absolute Gasteiger partial charge is 0.325 e. The van der Waals surface area contributed by atoms with Gasteiger partial charge in [-0.3, -0.25) is 14.3 Å². The molecule has 1 aromatic carbocycles. The Morgan fingerprint density at radius 1 is 1.15 bits per heavy atom. The summed E-state index contributed by atoms with van der Waals surface area (Å²) >= 11 is 0. The second-order valence-electron chi connectivity index (χ2n) is 6.27. The van der Waals surface area contributed by atoms with E-state index in [0.29, 0.717) is 5.82 Å². The predicted molar refractivity (Wildman–Crippen MR) is 95.6 cm³/mol. The molecule has 1 amide bonds. The molecule has 2 aromatic heterocycles. The number of carboxylic acid groups (broad SMARTS) is 1. The Bertz CT molecular complexity index is 933. The van der Waals surface area contributed by atoms with Crippen LogP contribution in [0.5, 0.6) is 0 Å². The molecule has 0 radical (unpaired) electrons. The van der Waals surface area contributed by atoms with Crippen LogP contribution in [0.25, 0.3) is 11.4 Å². The van der Waals surface area contributed by atoms with Crippen LogP contribution in [0.1, 0.15) is 19.9 Å². The number of anilines is 1. The highest BCUT2D eigenvalue weighted by atomic mass is 16.4. The Kier molecular flexibility index (Phi) is 5.25. The fraction of sp³-hybridized carbons (Fsp3) is 0.294. The van der Waals surface area contributed by atoms with E-state index in [0.717, 1.165) is 5.56 Å². The maximum absolute atomic E-state index is 12.7. The van der Waals surface area contributed by atoms with Crippen LogP contribution in [-0.4, -0.2) is 47.0 Å². The summed E-state index contributed by atoms with van der Waals surface area (Å²) in [7, 11) is 0. The van der Waals surface area contributed by atoms with Gasteiger partial charge in [0.2, 0.25) is 5.82 Å². The number of aliphatic carboxylic acids is 1. The van der Waals surface area contributed by atoms with Crippen LogP contribution in [0.3, 0.4) is 0 Å². The predicted octanol–water partition coefficient (Wildman–Crippen LogP) is 1.46. The minimum Gasteiger partial charge on any atom is -0.480 e. The maximum Gasteiger partial charge on any atom is 0.325 e. The van der Waals surface area contributed by atoms with Gasteiger partial charge in [-0.15, -0.1) is 10.2 Å². The third-order valence-corrected chi connectivity index (χ3v) is 3.80. The van der Waals surface area contributed by atoms with Gasteiger partial charge >= 0.3 is 5.97 Å². The minimum absolute atomic E-state index is 0.107. The lowest BCUT2D eigenvalue weighted by Gasteiger charge is -2.17. The topological polar surface area (TPSA) is 128 Å². The van der Waals surface area contributed by atoms with E-state index >= 15 is 0 Å². The van der Waals surface area contributed by atoms with E-state index in [-0.39, 0.29) is 24.2 Å². The molecule has 0 saturated carbocycles. The summed E-state index contributed by atoms with van der Waals surface area (Å²) in [6.07, 6.45) is 1.48. The first-order valence-electron chi connectivity index (χ1n) is 8.35. The Hall–Kier alpha value is -3.56. The molecule has 2 N–H and O–H groups in total. The molecule has 1 atom stereocenters. The van der Waals surface area contributed by atoms with E-state index in [1.165, 1.54) is 21.7 Å². The number of amides is 1. The van der Waals surface area contributed by atoms with Gasteiger partial charge in [-0.25, -0.2) is 0 Å². The van der Waals surface area contributed by atoms with Crippen molar-refractivity contribution >= 4 is 17.7 Å². The van der Waals surface area contributed by atoms with Crippen molar-refractivity contribution in [2.45, 2.75) is 26.4 Å². The molecule has 10 nitrogen and oxygen atoms in total. The van der Waals surface area contributed by atoms with Crippen molar-refractivity contribution in [3.63, 3.8) is 0 Å². The van der Waals surface area contributed by atoms with E-state index < -0.39 is 12.0 Å². The van der Waals surface area contributed by atoms with Gasteiger partial charge in [-0.1, -0.05) is 44.2 Å². The standard InChI is InChI=1S/C17H19N7O3/c1-11(2)15(17(27)18-13-8-9-23(20-13)10-14(25)26)24-21-16(19-22-24)12-6-4-3-5-7-12/h3-9,11,15H,10H2,1-2H3,(H,25,26)(H,18,20,27). The Balaban J connectivity index is 1.77. The lowest BCUT2D eigenvalue weighted by atomic mass is 10.0. The number of nitrogens with zero attached hydrogens (tertiary/aromatic N) is 6. The second kappa shape index (κ2) is 7.77. The summed E-state index contributed by atoms with van der Waals surface area (Å²) in [5, 5.41) is 27.9. The van der Waals surface area contributed by atoms with Crippen LogP contribution in [0.4, 0.5) is 5.82 Å². The Morgan fingerprint density at radius 3 is 2.56 bits per heavy atom. The van der Waals surface area contributed by atoms with Gasteiger partial charge in [0.1, 0.15) is 6.54 Å². The first-order chi connectivity index (χ1) is 12.9. The molecule has 2 heterocycles. The van der Waals surface area contributed by atoms with Crippen molar-refractivity contribution in [3.05, 3.63) is 42.6 Å². The van der Waals surface area contributed by atoms with E-state index in [2.05, 4.69) is 25.8 Å². The summed E-state index contributed by atoms with van der Waals surface area (Å²) in [5.41, 5.74) is 0.805. The summed E-state index contributed by atoms with van der Waals surface area (Å²) in [5.74, 6) is -0.794. The summed E-state index contributed by atoms with van der Waals surface area (Å²) in [6.45, 7) is 3.46. The molecule has 27 heavy (non-hydrogen) atoms. The molecule has 140 valence electrons. The summed E-state index contributed by atoms with van der Waals surface area (Å²) in [6, 6.07) is 10.2. The number of carboxylic acids is 1. The number of benzene rings is 1. The van der Waals surface area contributed by atoms with E-state index in [9.17, 15) is 9.59 Å². The summed E-state index contributed by atoms with van der Waals surface area (Å²) in [4.78, 5) is 24.7. The number of rotatable bonds is 7. The third-order valence-electron chi connectivity index (χ3n) is 3.80. The van der Waals surface area contributed by atoms with Gasteiger partial charge in [0, 0.05) is 17.8 Å². The lowest BCUT2D eigenvalue weighted by Crippen LogP contribution is -2.31. The fourth-order valence-electron chi connectivity index (χ4n) is 2.58. The minimum atomic E-state index is -1.02. The van der Waals surface area contributed by atoms with Gasteiger partial charge in [0.05, 0.1) is 0 Å². The van der Waals surface area contributed by atoms with Crippen LogP contribution in [0.2, 0.25) is 0 Å². The lowest BCUT2D eigenvalue weighted by molar-refractivity contribution is -0.137. The molecule has 3 rings (SSSR count). The van der Waals surface area contributed by atoms with Crippen molar-refractivity contribution < 1.29 is 14.7 Å². The molecule has 0 aliphatic heterocycles. The van der Waals surface area contributed by atoms with Crippen molar-refractivity contribution in [1.29, 1.82) is 0 Å². The highest BCUT2D eigenvalue weighted by Gasteiger charge is 2.27.